The number of carbonyl (C=O) groups is 1. The van der Waals surface area contributed by atoms with Crippen molar-refractivity contribution in [1.82, 2.24) is 14.7 Å². The summed E-state index contributed by atoms with van der Waals surface area (Å²) in [6, 6.07) is 0. The standard InChI is InChI=1S/C15H30N4O2/c1-15(2,3)21-14(20)19-9-8-12(11-19)10-16-13(17(4)5)18(6)7/h12H,8-11H2,1-7H3. The van der Waals surface area contributed by atoms with Crippen LogP contribution < -0.4 is 0 Å². The van der Waals surface area contributed by atoms with Gasteiger partial charge in [0.2, 0.25) is 0 Å². The van der Waals surface area contributed by atoms with Crippen LogP contribution in [0.5, 0.6) is 0 Å². The summed E-state index contributed by atoms with van der Waals surface area (Å²) in [4.78, 5) is 22.5. The molecule has 0 aliphatic carbocycles. The maximum absolute atomic E-state index is 12.0. The van der Waals surface area contributed by atoms with E-state index in [-0.39, 0.29) is 6.09 Å². The van der Waals surface area contributed by atoms with E-state index >= 15 is 0 Å². The van der Waals surface area contributed by atoms with Gasteiger partial charge in [-0.25, -0.2) is 4.79 Å². The molecule has 0 aromatic rings. The SMILES string of the molecule is CN(C)C(=NCC1CCN(C(=O)OC(C)(C)C)C1)N(C)C. The fourth-order valence-electron chi connectivity index (χ4n) is 2.37. The summed E-state index contributed by atoms with van der Waals surface area (Å²) < 4.78 is 5.41. The lowest BCUT2D eigenvalue weighted by atomic mass is 10.1. The molecule has 6 nitrogen and oxygen atoms in total. The highest BCUT2D eigenvalue weighted by atomic mass is 16.6. The molecule has 0 N–H and O–H groups in total. The quantitative estimate of drug-likeness (QED) is 0.575. The molecule has 1 unspecified atom stereocenters. The zero-order valence-electron chi connectivity index (χ0n) is 14.5. The highest BCUT2D eigenvalue weighted by molar-refractivity contribution is 5.79. The molecule has 1 aliphatic heterocycles. The van der Waals surface area contributed by atoms with Crippen LogP contribution in [0.3, 0.4) is 0 Å². The molecule has 6 heteroatoms. The summed E-state index contributed by atoms with van der Waals surface area (Å²) >= 11 is 0. The molecule has 1 saturated heterocycles. The van der Waals surface area contributed by atoms with E-state index in [0.717, 1.165) is 32.0 Å². The van der Waals surface area contributed by atoms with Gasteiger partial charge >= 0.3 is 6.09 Å². The molecule has 0 aromatic heterocycles. The van der Waals surface area contributed by atoms with Crippen molar-refractivity contribution < 1.29 is 9.53 Å². The van der Waals surface area contributed by atoms with Crippen molar-refractivity contribution in [3.8, 4) is 0 Å². The van der Waals surface area contributed by atoms with E-state index in [9.17, 15) is 4.79 Å². The van der Waals surface area contributed by atoms with E-state index in [0.29, 0.717) is 5.92 Å². The average Bonchev–Trinajstić information content (AvgIpc) is 2.74. The molecule has 0 bridgehead atoms. The number of rotatable bonds is 2. The first-order valence-electron chi connectivity index (χ1n) is 7.47. The first kappa shape index (κ1) is 17.6. The van der Waals surface area contributed by atoms with Gasteiger partial charge in [-0.2, -0.15) is 0 Å². The molecule has 1 heterocycles. The summed E-state index contributed by atoms with van der Waals surface area (Å²) in [5.41, 5.74) is -0.434. The van der Waals surface area contributed by atoms with Crippen LogP contribution in [0.4, 0.5) is 4.79 Å². The van der Waals surface area contributed by atoms with Gasteiger partial charge in [-0.1, -0.05) is 0 Å². The van der Waals surface area contributed by atoms with Crippen molar-refractivity contribution in [2.45, 2.75) is 32.8 Å². The van der Waals surface area contributed by atoms with Crippen LogP contribution in [0.1, 0.15) is 27.2 Å². The van der Waals surface area contributed by atoms with Gasteiger partial charge in [0.1, 0.15) is 5.60 Å². The Morgan fingerprint density at radius 2 is 1.81 bits per heavy atom. The Morgan fingerprint density at radius 3 is 2.29 bits per heavy atom. The molecule has 1 amide bonds. The lowest BCUT2D eigenvalue weighted by molar-refractivity contribution is 0.0289. The van der Waals surface area contributed by atoms with Crippen molar-refractivity contribution in [2.75, 3.05) is 47.8 Å². The number of guanidine groups is 1. The molecule has 1 aliphatic rings. The van der Waals surface area contributed by atoms with E-state index in [1.165, 1.54) is 0 Å². The molecule has 0 aromatic carbocycles. The zero-order chi connectivity index (χ0) is 16.2. The Kier molecular flexibility index (Phi) is 5.87. The van der Waals surface area contributed by atoms with Gasteiger partial charge in [0.15, 0.2) is 5.96 Å². The largest absolute Gasteiger partial charge is 0.444 e. The van der Waals surface area contributed by atoms with Crippen LogP contribution in [0.2, 0.25) is 0 Å². The third-order valence-corrected chi connectivity index (χ3v) is 3.23. The minimum absolute atomic E-state index is 0.213. The summed E-state index contributed by atoms with van der Waals surface area (Å²) in [6.45, 7) is 7.90. The number of aliphatic imine (C=N–C) groups is 1. The monoisotopic (exact) mass is 298 g/mol. The molecular weight excluding hydrogens is 268 g/mol. The average molecular weight is 298 g/mol. The Morgan fingerprint density at radius 1 is 1.24 bits per heavy atom. The number of ether oxygens (including phenoxy) is 1. The predicted molar refractivity (Wildman–Crippen MR) is 85.6 cm³/mol. The topological polar surface area (TPSA) is 48.4 Å². The second-order valence-corrected chi connectivity index (χ2v) is 7.01. The lowest BCUT2D eigenvalue weighted by Gasteiger charge is -2.24. The highest BCUT2D eigenvalue weighted by Gasteiger charge is 2.29. The molecule has 1 atom stereocenters. The zero-order valence-corrected chi connectivity index (χ0v) is 14.5. The second kappa shape index (κ2) is 7.00. The van der Waals surface area contributed by atoms with Crippen LogP contribution in [-0.4, -0.2) is 80.2 Å². The van der Waals surface area contributed by atoms with Crippen LogP contribution >= 0.6 is 0 Å². The summed E-state index contributed by atoms with van der Waals surface area (Å²) in [5.74, 6) is 1.36. The molecule has 0 radical (unpaired) electrons. The lowest BCUT2D eigenvalue weighted by Crippen LogP contribution is -2.36. The molecule has 21 heavy (non-hydrogen) atoms. The Labute approximate surface area is 128 Å². The molecule has 0 spiro atoms. The minimum Gasteiger partial charge on any atom is -0.444 e. The molecule has 1 fully saturated rings. The van der Waals surface area contributed by atoms with Crippen LogP contribution in [0.15, 0.2) is 4.99 Å². The third kappa shape index (κ3) is 5.81. The Bertz CT molecular complexity index is 376. The number of nitrogens with zero attached hydrogens (tertiary/aromatic N) is 4. The molecule has 122 valence electrons. The van der Waals surface area contributed by atoms with Crippen molar-refractivity contribution in [1.29, 1.82) is 0 Å². The molecular formula is C15H30N4O2. The number of hydrogen-bond acceptors (Lipinski definition) is 3. The van der Waals surface area contributed by atoms with Crippen molar-refractivity contribution in [3.63, 3.8) is 0 Å². The number of amides is 1. The second-order valence-electron chi connectivity index (χ2n) is 7.01. The molecule has 0 saturated carbocycles. The van der Waals surface area contributed by atoms with E-state index in [2.05, 4.69) is 4.99 Å². The van der Waals surface area contributed by atoms with E-state index in [1.54, 1.807) is 4.90 Å². The fourth-order valence-corrected chi connectivity index (χ4v) is 2.37. The Balaban J connectivity index is 2.51. The van der Waals surface area contributed by atoms with E-state index in [1.807, 2.05) is 58.8 Å². The van der Waals surface area contributed by atoms with Crippen LogP contribution in [0.25, 0.3) is 0 Å². The van der Waals surface area contributed by atoms with Crippen molar-refractivity contribution in [3.05, 3.63) is 0 Å². The van der Waals surface area contributed by atoms with Gasteiger partial charge in [0.05, 0.1) is 0 Å². The van der Waals surface area contributed by atoms with Crippen LogP contribution in [0, 0.1) is 5.92 Å². The van der Waals surface area contributed by atoms with Crippen molar-refractivity contribution >= 4 is 12.1 Å². The normalized spacial score (nSPS) is 18.4. The van der Waals surface area contributed by atoms with Crippen LogP contribution in [-0.2, 0) is 4.74 Å². The van der Waals surface area contributed by atoms with E-state index in [4.69, 9.17) is 4.74 Å². The van der Waals surface area contributed by atoms with Gasteiger partial charge in [-0.3, -0.25) is 4.99 Å². The summed E-state index contributed by atoms with van der Waals surface area (Å²) in [6.07, 6.45) is 0.770. The maximum atomic E-state index is 12.0. The number of hydrogen-bond donors (Lipinski definition) is 0. The van der Waals surface area contributed by atoms with Gasteiger partial charge in [0, 0.05) is 47.8 Å². The number of likely N-dealkylation sites (tertiary alicyclic amines) is 1. The maximum Gasteiger partial charge on any atom is 0.410 e. The highest BCUT2D eigenvalue weighted by Crippen LogP contribution is 2.19. The first-order valence-corrected chi connectivity index (χ1v) is 7.47. The van der Waals surface area contributed by atoms with Gasteiger partial charge < -0.3 is 19.4 Å². The van der Waals surface area contributed by atoms with E-state index < -0.39 is 5.60 Å². The van der Waals surface area contributed by atoms with Crippen molar-refractivity contribution in [2.24, 2.45) is 10.9 Å². The Hall–Kier alpha value is -1.46. The smallest absolute Gasteiger partial charge is 0.410 e. The third-order valence-electron chi connectivity index (χ3n) is 3.23. The van der Waals surface area contributed by atoms with Gasteiger partial charge in [-0.05, 0) is 33.1 Å². The van der Waals surface area contributed by atoms with Gasteiger partial charge in [-0.15, -0.1) is 0 Å². The summed E-state index contributed by atoms with van der Waals surface area (Å²) in [5, 5.41) is 0. The number of carbonyl (C=O) groups excluding carboxylic acids is 1. The summed E-state index contributed by atoms with van der Waals surface area (Å²) in [7, 11) is 7.95. The minimum atomic E-state index is -0.434. The first-order chi connectivity index (χ1) is 9.60. The van der Waals surface area contributed by atoms with Gasteiger partial charge in [0.25, 0.3) is 0 Å². The predicted octanol–water partition coefficient (Wildman–Crippen LogP) is 1.72. The molecule has 1 rings (SSSR count). The fraction of sp³-hybridized carbons (Fsp3) is 0.867.